The average Bonchev–Trinajstić information content (AvgIpc) is 2.35. The van der Waals surface area contributed by atoms with Crippen LogP contribution in [0.1, 0.15) is 33.0 Å². The maximum atomic E-state index is 5.43. The van der Waals surface area contributed by atoms with Gasteiger partial charge in [-0.15, -0.1) is 0 Å². The highest BCUT2D eigenvalue weighted by Gasteiger charge is 2.13. The van der Waals surface area contributed by atoms with E-state index in [2.05, 4.69) is 41.1 Å². The van der Waals surface area contributed by atoms with Gasteiger partial charge in [0.15, 0.2) is 5.82 Å². The van der Waals surface area contributed by atoms with Gasteiger partial charge in [0.2, 0.25) is 0 Å². The summed E-state index contributed by atoms with van der Waals surface area (Å²) in [5.41, 5.74) is 2.57. The molecule has 1 heterocycles. The Bertz CT molecular complexity index is 369. The quantitative estimate of drug-likeness (QED) is 0.567. The first-order valence-electron chi connectivity index (χ1n) is 6.22. The second-order valence-electron chi connectivity index (χ2n) is 4.39. The summed E-state index contributed by atoms with van der Waals surface area (Å²) < 4.78 is 5.07. The number of aromatic nitrogens is 2. The van der Waals surface area contributed by atoms with E-state index in [9.17, 15) is 0 Å². The van der Waals surface area contributed by atoms with Gasteiger partial charge in [0.05, 0.1) is 0 Å². The lowest BCUT2D eigenvalue weighted by Crippen LogP contribution is -2.32. The number of ether oxygens (including phenoxy) is 1. The minimum Gasteiger partial charge on any atom is -0.377 e. The van der Waals surface area contributed by atoms with Gasteiger partial charge in [0.25, 0.3) is 0 Å². The molecule has 0 amide bonds. The molecule has 102 valence electrons. The van der Waals surface area contributed by atoms with E-state index in [1.165, 1.54) is 0 Å². The summed E-state index contributed by atoms with van der Waals surface area (Å²) >= 11 is 0. The molecule has 1 aromatic rings. The Morgan fingerprint density at radius 1 is 1.44 bits per heavy atom. The summed E-state index contributed by atoms with van der Waals surface area (Å²) in [6.07, 6.45) is 1.06. The molecule has 3 N–H and O–H groups in total. The van der Waals surface area contributed by atoms with Crippen LogP contribution in [0.3, 0.4) is 0 Å². The lowest BCUT2D eigenvalue weighted by molar-refractivity contribution is 0.178. The molecule has 0 saturated carbocycles. The van der Waals surface area contributed by atoms with E-state index >= 15 is 0 Å². The van der Waals surface area contributed by atoms with Crippen molar-refractivity contribution in [1.82, 2.24) is 9.97 Å². The number of nitrogen functional groups attached to an aromatic ring is 1. The molecule has 0 bridgehead atoms. The number of hydrogen-bond acceptors (Lipinski definition) is 6. The highest BCUT2D eigenvalue weighted by atomic mass is 16.5. The highest BCUT2D eigenvalue weighted by molar-refractivity contribution is 5.49. The second-order valence-corrected chi connectivity index (χ2v) is 4.39. The van der Waals surface area contributed by atoms with Gasteiger partial charge in [-0.2, -0.15) is 0 Å². The Balaban J connectivity index is 3.07. The molecule has 0 aliphatic rings. The molecule has 0 saturated heterocycles. The second kappa shape index (κ2) is 7.13. The Kier molecular flexibility index (Phi) is 5.80. The first kappa shape index (κ1) is 14.7. The first-order chi connectivity index (χ1) is 8.62. The Morgan fingerprint density at radius 2 is 2.17 bits per heavy atom. The summed E-state index contributed by atoms with van der Waals surface area (Å²) in [7, 11) is 1.62. The van der Waals surface area contributed by atoms with Crippen molar-refractivity contribution in [2.24, 2.45) is 5.84 Å². The molecule has 1 aromatic heterocycles. The largest absolute Gasteiger partial charge is 0.377 e. The van der Waals surface area contributed by atoms with Gasteiger partial charge >= 0.3 is 0 Å². The Morgan fingerprint density at radius 3 is 2.67 bits per heavy atom. The molecule has 6 heteroatoms. The van der Waals surface area contributed by atoms with Crippen LogP contribution in [0.25, 0.3) is 0 Å². The van der Waals surface area contributed by atoms with Crippen molar-refractivity contribution in [1.29, 1.82) is 0 Å². The number of nitrogens with two attached hydrogens (primary N) is 1. The lowest BCUT2D eigenvalue weighted by atomic mass is 10.3. The summed E-state index contributed by atoms with van der Waals surface area (Å²) in [6, 6.07) is 2.23. The predicted octanol–water partition coefficient (Wildman–Crippen LogP) is 1.53. The van der Waals surface area contributed by atoms with Crippen molar-refractivity contribution in [2.75, 3.05) is 24.0 Å². The van der Waals surface area contributed by atoms with Crippen LogP contribution in [0, 0.1) is 0 Å². The maximum absolute atomic E-state index is 5.43. The van der Waals surface area contributed by atoms with Gasteiger partial charge < -0.3 is 15.1 Å². The SMILES string of the molecule is CCCN(c1cc(NN)nc(COC)n1)C(C)C. The molecular weight excluding hydrogens is 230 g/mol. The van der Waals surface area contributed by atoms with Crippen LogP contribution >= 0.6 is 0 Å². The molecular formula is C12H23N5O. The van der Waals surface area contributed by atoms with Crippen molar-refractivity contribution in [3.63, 3.8) is 0 Å². The van der Waals surface area contributed by atoms with E-state index in [0.29, 0.717) is 24.3 Å². The van der Waals surface area contributed by atoms with Crippen molar-refractivity contribution >= 4 is 11.6 Å². The van der Waals surface area contributed by atoms with Crippen molar-refractivity contribution < 1.29 is 4.74 Å². The molecule has 0 spiro atoms. The number of hydrazine groups is 1. The number of hydrogen-bond donors (Lipinski definition) is 2. The van der Waals surface area contributed by atoms with Crippen molar-refractivity contribution in [2.45, 2.75) is 39.8 Å². The van der Waals surface area contributed by atoms with Crippen molar-refractivity contribution in [3.05, 3.63) is 11.9 Å². The fourth-order valence-electron chi connectivity index (χ4n) is 1.78. The molecule has 0 fully saturated rings. The summed E-state index contributed by atoms with van der Waals surface area (Å²) in [5.74, 6) is 7.55. The van der Waals surface area contributed by atoms with Gasteiger partial charge in [-0.1, -0.05) is 6.92 Å². The Labute approximate surface area is 109 Å². The third-order valence-electron chi connectivity index (χ3n) is 2.56. The van der Waals surface area contributed by atoms with Crippen LogP contribution in [0.5, 0.6) is 0 Å². The number of methoxy groups -OCH3 is 1. The molecule has 0 atom stereocenters. The molecule has 0 aliphatic carbocycles. The van der Waals surface area contributed by atoms with Crippen LogP contribution in [0.2, 0.25) is 0 Å². The molecule has 18 heavy (non-hydrogen) atoms. The standard InChI is InChI=1S/C12H23N5O/c1-5-6-17(9(2)3)12-7-10(16-13)14-11(15-12)8-18-4/h7,9H,5-6,8,13H2,1-4H3,(H,14,15,16). The fourth-order valence-corrected chi connectivity index (χ4v) is 1.78. The lowest BCUT2D eigenvalue weighted by Gasteiger charge is -2.28. The maximum Gasteiger partial charge on any atom is 0.158 e. The summed E-state index contributed by atoms with van der Waals surface area (Å²) in [5, 5.41) is 0. The number of nitrogens with zero attached hydrogens (tertiary/aromatic N) is 3. The summed E-state index contributed by atoms with van der Waals surface area (Å²) in [6.45, 7) is 7.76. The minimum atomic E-state index is 0.376. The van der Waals surface area contributed by atoms with Gasteiger partial charge in [-0.25, -0.2) is 15.8 Å². The minimum absolute atomic E-state index is 0.376. The molecule has 6 nitrogen and oxygen atoms in total. The third kappa shape index (κ3) is 3.82. The third-order valence-corrected chi connectivity index (χ3v) is 2.56. The fraction of sp³-hybridized carbons (Fsp3) is 0.667. The van der Waals surface area contributed by atoms with Crippen LogP contribution in [-0.2, 0) is 11.3 Å². The zero-order chi connectivity index (χ0) is 13.5. The van der Waals surface area contributed by atoms with E-state index < -0.39 is 0 Å². The first-order valence-corrected chi connectivity index (χ1v) is 6.22. The number of rotatable bonds is 7. The Hall–Kier alpha value is -1.40. The predicted molar refractivity (Wildman–Crippen MR) is 73.3 cm³/mol. The van der Waals surface area contributed by atoms with Crippen LogP contribution in [0.15, 0.2) is 6.07 Å². The normalized spacial score (nSPS) is 10.8. The van der Waals surface area contributed by atoms with Gasteiger partial charge in [-0.05, 0) is 20.3 Å². The van der Waals surface area contributed by atoms with E-state index in [4.69, 9.17) is 10.6 Å². The van der Waals surface area contributed by atoms with Crippen LogP contribution < -0.4 is 16.2 Å². The van der Waals surface area contributed by atoms with Gasteiger partial charge in [0, 0.05) is 25.8 Å². The molecule has 1 rings (SSSR count). The average molecular weight is 253 g/mol. The summed E-state index contributed by atoms with van der Waals surface area (Å²) in [4.78, 5) is 11.0. The number of nitrogens with one attached hydrogen (secondary N) is 1. The molecule has 0 unspecified atom stereocenters. The zero-order valence-corrected chi connectivity index (χ0v) is 11.6. The van der Waals surface area contributed by atoms with E-state index in [1.54, 1.807) is 7.11 Å². The van der Waals surface area contributed by atoms with Gasteiger partial charge in [0.1, 0.15) is 18.2 Å². The molecule has 0 radical (unpaired) electrons. The van der Waals surface area contributed by atoms with E-state index in [0.717, 1.165) is 18.8 Å². The molecule has 0 aliphatic heterocycles. The van der Waals surface area contributed by atoms with Gasteiger partial charge in [-0.3, -0.25) is 0 Å². The van der Waals surface area contributed by atoms with E-state index in [-0.39, 0.29) is 0 Å². The monoisotopic (exact) mass is 253 g/mol. The smallest absolute Gasteiger partial charge is 0.158 e. The highest BCUT2D eigenvalue weighted by Crippen LogP contribution is 2.18. The topological polar surface area (TPSA) is 76.3 Å². The van der Waals surface area contributed by atoms with Crippen LogP contribution in [-0.4, -0.2) is 29.7 Å². The number of anilines is 2. The molecule has 0 aromatic carbocycles. The van der Waals surface area contributed by atoms with Crippen molar-refractivity contribution in [3.8, 4) is 0 Å². The zero-order valence-electron chi connectivity index (χ0n) is 11.6. The van der Waals surface area contributed by atoms with E-state index in [1.807, 2.05) is 6.07 Å². The van der Waals surface area contributed by atoms with Crippen LogP contribution in [0.4, 0.5) is 11.6 Å².